The van der Waals surface area contributed by atoms with Crippen LogP contribution in [0.4, 0.5) is 21.0 Å². The number of nitrogens with one attached hydrogen (secondary N) is 4. The lowest BCUT2D eigenvalue weighted by molar-refractivity contribution is 0.251. The Balaban J connectivity index is 1.23. The van der Waals surface area contributed by atoms with Gasteiger partial charge in [0.25, 0.3) is 0 Å². The molecule has 0 saturated carbocycles. The highest BCUT2D eigenvalue weighted by molar-refractivity contribution is 5.89. The second-order valence-corrected chi connectivity index (χ2v) is 14.5. The van der Waals surface area contributed by atoms with Crippen LogP contribution in [0.1, 0.15) is 153 Å². The topological polar surface area (TPSA) is 101 Å². The zero-order valence-electron chi connectivity index (χ0n) is 33.5. The highest BCUT2D eigenvalue weighted by atomic mass is 16.5. The summed E-state index contributed by atoms with van der Waals surface area (Å²) in [5.41, 5.74) is 3.28. The SMILES string of the molecule is CCCCCCCCCCCCOc1ccc(NC(=O)NCc2cccc(CNC(=O)Nc3ccc(OCCCCCCCCCCCC)cc3)c2)cc1. The summed E-state index contributed by atoms with van der Waals surface area (Å²) in [7, 11) is 0. The van der Waals surface area contributed by atoms with Crippen LogP contribution in [0, 0.1) is 0 Å². The zero-order valence-corrected chi connectivity index (χ0v) is 33.5. The predicted molar refractivity (Wildman–Crippen MR) is 226 cm³/mol. The van der Waals surface area contributed by atoms with Gasteiger partial charge in [-0.2, -0.15) is 0 Å². The van der Waals surface area contributed by atoms with Gasteiger partial charge in [-0.25, -0.2) is 9.59 Å². The van der Waals surface area contributed by atoms with Crippen LogP contribution in [0.15, 0.2) is 72.8 Å². The number of carbonyl (C=O) groups is 2. The Bertz CT molecular complexity index is 1290. The quantitative estimate of drug-likeness (QED) is 0.0511. The van der Waals surface area contributed by atoms with Gasteiger partial charge in [-0.1, -0.05) is 154 Å². The van der Waals surface area contributed by atoms with Crippen LogP contribution in [-0.4, -0.2) is 25.3 Å². The van der Waals surface area contributed by atoms with Crippen molar-refractivity contribution >= 4 is 23.4 Å². The first kappa shape index (κ1) is 44.2. The first-order chi connectivity index (χ1) is 26.6. The number of ether oxygens (including phenoxy) is 2. The highest BCUT2D eigenvalue weighted by Gasteiger charge is 2.06. The second-order valence-electron chi connectivity index (χ2n) is 14.5. The average molecular weight is 743 g/mol. The monoisotopic (exact) mass is 743 g/mol. The number of hydrogen-bond donors (Lipinski definition) is 4. The van der Waals surface area contributed by atoms with E-state index in [9.17, 15) is 9.59 Å². The van der Waals surface area contributed by atoms with Crippen LogP contribution in [0.25, 0.3) is 0 Å². The summed E-state index contributed by atoms with van der Waals surface area (Å²) in [6.45, 7) is 6.67. The third-order valence-electron chi connectivity index (χ3n) is 9.66. The maximum atomic E-state index is 12.6. The van der Waals surface area contributed by atoms with Gasteiger partial charge in [0.1, 0.15) is 11.5 Å². The van der Waals surface area contributed by atoms with Crippen molar-refractivity contribution in [2.24, 2.45) is 0 Å². The van der Waals surface area contributed by atoms with E-state index >= 15 is 0 Å². The molecule has 298 valence electrons. The normalized spacial score (nSPS) is 10.9. The number of carbonyl (C=O) groups excluding carboxylic acids is 2. The van der Waals surface area contributed by atoms with Crippen molar-refractivity contribution in [2.75, 3.05) is 23.8 Å². The van der Waals surface area contributed by atoms with Crippen LogP contribution in [-0.2, 0) is 13.1 Å². The Hall–Kier alpha value is -4.20. The lowest BCUT2D eigenvalue weighted by Gasteiger charge is -2.11. The smallest absolute Gasteiger partial charge is 0.319 e. The van der Waals surface area contributed by atoms with Crippen molar-refractivity contribution in [1.29, 1.82) is 0 Å². The van der Waals surface area contributed by atoms with Crippen molar-refractivity contribution in [3.8, 4) is 11.5 Å². The largest absolute Gasteiger partial charge is 0.494 e. The van der Waals surface area contributed by atoms with Gasteiger partial charge in [0.05, 0.1) is 13.2 Å². The molecule has 0 saturated heterocycles. The molecular weight excluding hydrogens is 673 g/mol. The van der Waals surface area contributed by atoms with Gasteiger partial charge in [-0.05, 0) is 72.5 Å². The summed E-state index contributed by atoms with van der Waals surface area (Å²) >= 11 is 0. The lowest BCUT2D eigenvalue weighted by atomic mass is 10.1. The maximum Gasteiger partial charge on any atom is 0.319 e. The molecule has 0 aromatic heterocycles. The first-order valence-electron chi connectivity index (χ1n) is 21.2. The van der Waals surface area contributed by atoms with E-state index in [1.54, 1.807) is 0 Å². The summed E-state index contributed by atoms with van der Waals surface area (Å²) in [6, 6.07) is 22.2. The molecule has 8 heteroatoms. The molecule has 3 aromatic carbocycles. The van der Waals surface area contributed by atoms with E-state index in [-0.39, 0.29) is 12.1 Å². The molecule has 8 nitrogen and oxygen atoms in total. The van der Waals surface area contributed by atoms with Gasteiger partial charge in [-0.3, -0.25) is 0 Å². The fourth-order valence-corrected chi connectivity index (χ4v) is 6.39. The van der Waals surface area contributed by atoms with Gasteiger partial charge in [0.2, 0.25) is 0 Å². The van der Waals surface area contributed by atoms with Gasteiger partial charge in [0, 0.05) is 24.5 Å². The number of rotatable bonds is 30. The average Bonchev–Trinajstić information content (AvgIpc) is 3.19. The molecule has 0 aliphatic rings. The number of unbranched alkanes of at least 4 members (excludes halogenated alkanes) is 18. The van der Waals surface area contributed by atoms with E-state index in [1.807, 2.05) is 72.8 Å². The Morgan fingerprint density at radius 1 is 0.444 bits per heavy atom. The Morgan fingerprint density at radius 2 is 0.778 bits per heavy atom. The van der Waals surface area contributed by atoms with Crippen LogP contribution < -0.4 is 30.7 Å². The molecule has 0 fully saturated rings. The minimum absolute atomic E-state index is 0.285. The minimum Gasteiger partial charge on any atom is -0.494 e. The van der Waals surface area contributed by atoms with Crippen LogP contribution in [0.3, 0.4) is 0 Å². The number of amides is 4. The second kappa shape index (κ2) is 29.2. The Labute approximate surface area is 327 Å². The molecule has 0 spiro atoms. The predicted octanol–water partition coefficient (Wildman–Crippen LogP) is 12.9. The molecule has 0 aliphatic heterocycles. The molecule has 0 aliphatic carbocycles. The van der Waals surface area contributed by atoms with Gasteiger partial charge >= 0.3 is 12.1 Å². The summed E-state index contributed by atoms with van der Waals surface area (Å²) in [6.07, 6.45) is 26.0. The summed E-state index contributed by atoms with van der Waals surface area (Å²) in [4.78, 5) is 25.1. The van der Waals surface area contributed by atoms with E-state index in [1.165, 1.54) is 116 Å². The van der Waals surface area contributed by atoms with E-state index < -0.39 is 0 Å². The Morgan fingerprint density at radius 3 is 1.13 bits per heavy atom. The van der Waals surface area contributed by atoms with E-state index in [0.29, 0.717) is 37.7 Å². The molecule has 0 bridgehead atoms. The van der Waals surface area contributed by atoms with Gasteiger partial charge < -0.3 is 30.7 Å². The molecule has 3 aromatic rings. The standard InChI is InChI=1S/C46H70N4O4/c1-3-5-7-9-11-13-15-17-19-21-34-53-43-30-26-41(27-31-43)49-45(51)47-37-39-24-23-25-40(36-39)38-48-46(52)50-42-28-32-44(33-29-42)54-35-22-20-18-16-14-12-10-8-6-4-2/h23-33,36H,3-22,34-35,37-38H2,1-2H3,(H2,47,49,51)(H2,48,50,52). The first-order valence-corrected chi connectivity index (χ1v) is 21.2. The van der Waals surface area contributed by atoms with Crippen molar-refractivity contribution in [3.05, 3.63) is 83.9 Å². The molecule has 3 rings (SSSR count). The van der Waals surface area contributed by atoms with E-state index in [4.69, 9.17) is 9.47 Å². The zero-order chi connectivity index (χ0) is 38.3. The van der Waals surface area contributed by atoms with E-state index in [2.05, 4.69) is 35.1 Å². The van der Waals surface area contributed by atoms with Crippen LogP contribution >= 0.6 is 0 Å². The summed E-state index contributed by atoms with van der Waals surface area (Å²) in [5.74, 6) is 1.63. The van der Waals surface area contributed by atoms with Crippen molar-refractivity contribution in [3.63, 3.8) is 0 Å². The third-order valence-corrected chi connectivity index (χ3v) is 9.66. The molecule has 0 atom stereocenters. The van der Waals surface area contributed by atoms with Crippen LogP contribution in [0.5, 0.6) is 11.5 Å². The third kappa shape index (κ3) is 21.5. The maximum absolute atomic E-state index is 12.6. The minimum atomic E-state index is -0.285. The van der Waals surface area contributed by atoms with Crippen molar-refractivity contribution in [1.82, 2.24) is 10.6 Å². The number of urea groups is 2. The molecule has 4 N–H and O–H groups in total. The van der Waals surface area contributed by atoms with Gasteiger partial charge in [0.15, 0.2) is 0 Å². The summed E-state index contributed by atoms with van der Waals surface area (Å²) in [5, 5.41) is 11.6. The van der Waals surface area contributed by atoms with Crippen molar-refractivity contribution in [2.45, 2.75) is 155 Å². The van der Waals surface area contributed by atoms with Crippen LogP contribution in [0.2, 0.25) is 0 Å². The molecule has 54 heavy (non-hydrogen) atoms. The van der Waals surface area contributed by atoms with Crippen molar-refractivity contribution < 1.29 is 19.1 Å². The Kier molecular flexibility index (Phi) is 23.9. The summed E-state index contributed by atoms with van der Waals surface area (Å²) < 4.78 is 11.8. The van der Waals surface area contributed by atoms with Gasteiger partial charge in [-0.15, -0.1) is 0 Å². The van der Waals surface area contributed by atoms with E-state index in [0.717, 1.165) is 35.5 Å². The fourth-order valence-electron chi connectivity index (χ4n) is 6.39. The number of benzene rings is 3. The number of hydrogen-bond acceptors (Lipinski definition) is 4. The molecule has 4 amide bonds. The molecule has 0 radical (unpaired) electrons. The number of anilines is 2. The highest BCUT2D eigenvalue weighted by Crippen LogP contribution is 2.19. The molecule has 0 unspecified atom stereocenters. The lowest BCUT2D eigenvalue weighted by Crippen LogP contribution is -2.29. The molecular formula is C46H70N4O4. The molecule has 0 heterocycles. The fraction of sp³-hybridized carbons (Fsp3) is 0.565.